The van der Waals surface area contributed by atoms with Gasteiger partial charge in [-0.3, -0.25) is 4.79 Å². The molecule has 1 aliphatic heterocycles. The van der Waals surface area contributed by atoms with E-state index >= 15 is 0 Å². The van der Waals surface area contributed by atoms with Gasteiger partial charge in [0.15, 0.2) is 0 Å². The minimum Gasteiger partial charge on any atom is -0.497 e. The third kappa shape index (κ3) is 3.28. The normalized spacial score (nSPS) is 36.6. The molecule has 0 aromatic heterocycles. The molecule has 28 heavy (non-hydrogen) atoms. The Morgan fingerprint density at radius 1 is 1.14 bits per heavy atom. The fourth-order valence-electron chi connectivity index (χ4n) is 7.06. The maximum atomic E-state index is 13.1. The van der Waals surface area contributed by atoms with Crippen LogP contribution in [0.3, 0.4) is 0 Å². The lowest BCUT2D eigenvalue weighted by Crippen LogP contribution is -2.57. The maximum Gasteiger partial charge on any atom is 0.223 e. The monoisotopic (exact) mass is 384 g/mol. The van der Waals surface area contributed by atoms with Crippen molar-refractivity contribution in [2.75, 3.05) is 38.2 Å². The molecule has 0 spiro atoms. The summed E-state index contributed by atoms with van der Waals surface area (Å²) in [5.41, 5.74) is 0.754. The second kappa shape index (κ2) is 6.65. The van der Waals surface area contributed by atoms with Crippen LogP contribution in [0.4, 0.5) is 5.69 Å². The van der Waals surface area contributed by atoms with Crippen molar-refractivity contribution >= 4 is 11.6 Å². The largest absolute Gasteiger partial charge is 0.497 e. The smallest absolute Gasteiger partial charge is 0.223 e. The van der Waals surface area contributed by atoms with Gasteiger partial charge in [0.1, 0.15) is 5.75 Å². The van der Waals surface area contributed by atoms with E-state index in [2.05, 4.69) is 21.9 Å². The molecule has 1 saturated heterocycles. The van der Waals surface area contributed by atoms with Crippen LogP contribution >= 0.6 is 0 Å². The average molecular weight is 385 g/mol. The summed E-state index contributed by atoms with van der Waals surface area (Å²) in [5.74, 6) is 2.46. The Morgan fingerprint density at radius 3 is 2.50 bits per heavy atom. The average Bonchev–Trinajstić information content (AvgIpc) is 2.66. The molecule has 4 saturated carbocycles. The van der Waals surface area contributed by atoms with Crippen molar-refractivity contribution in [2.24, 2.45) is 17.3 Å². The van der Waals surface area contributed by atoms with Crippen LogP contribution in [0.1, 0.15) is 44.9 Å². The van der Waals surface area contributed by atoms with Gasteiger partial charge in [-0.1, -0.05) is 6.07 Å². The highest BCUT2D eigenvalue weighted by atomic mass is 16.5. The molecule has 5 nitrogen and oxygen atoms in total. The molecule has 1 amide bonds. The van der Waals surface area contributed by atoms with Crippen LogP contribution in [-0.4, -0.2) is 54.8 Å². The van der Waals surface area contributed by atoms with Crippen molar-refractivity contribution in [2.45, 2.75) is 50.5 Å². The summed E-state index contributed by atoms with van der Waals surface area (Å²) in [5, 5.41) is 11.0. The van der Waals surface area contributed by atoms with Crippen LogP contribution in [0.5, 0.6) is 5.75 Å². The molecule has 1 aromatic carbocycles. The summed E-state index contributed by atoms with van der Waals surface area (Å²) < 4.78 is 5.34. The Balaban J connectivity index is 1.21. The zero-order valence-corrected chi connectivity index (χ0v) is 16.9. The van der Waals surface area contributed by atoms with E-state index in [9.17, 15) is 9.90 Å². The first kappa shape index (κ1) is 18.3. The highest BCUT2D eigenvalue weighted by molar-refractivity contribution is 5.77. The molecule has 152 valence electrons. The van der Waals surface area contributed by atoms with Crippen molar-refractivity contribution in [1.82, 2.24) is 4.90 Å². The van der Waals surface area contributed by atoms with Crippen LogP contribution in [0.2, 0.25) is 0 Å². The highest BCUT2D eigenvalue weighted by Crippen LogP contribution is 2.62. The lowest BCUT2D eigenvalue weighted by molar-refractivity contribution is -0.172. The van der Waals surface area contributed by atoms with Gasteiger partial charge in [-0.15, -0.1) is 0 Å². The summed E-state index contributed by atoms with van der Waals surface area (Å²) in [7, 11) is 1.69. The second-order valence-electron chi connectivity index (χ2n) is 9.93. The quantitative estimate of drug-likeness (QED) is 0.867. The van der Waals surface area contributed by atoms with E-state index in [-0.39, 0.29) is 5.41 Å². The van der Waals surface area contributed by atoms with Crippen LogP contribution in [-0.2, 0) is 4.79 Å². The maximum absolute atomic E-state index is 13.1. The predicted octanol–water partition coefficient (Wildman–Crippen LogP) is 3.07. The number of amides is 1. The number of piperazine rings is 1. The number of rotatable bonds is 4. The van der Waals surface area contributed by atoms with Crippen LogP contribution in [0, 0.1) is 17.3 Å². The molecule has 6 rings (SSSR count). The Labute approximate surface area is 167 Å². The summed E-state index contributed by atoms with van der Waals surface area (Å²) >= 11 is 0. The molecular formula is C23H32N2O3. The summed E-state index contributed by atoms with van der Waals surface area (Å²) in [6, 6.07) is 8.15. The molecule has 2 unspecified atom stereocenters. The number of nitrogens with zero attached hydrogens (tertiary/aromatic N) is 2. The Morgan fingerprint density at radius 2 is 1.86 bits per heavy atom. The number of carbonyl (C=O) groups excluding carboxylic acids is 1. The number of hydrogen-bond acceptors (Lipinski definition) is 4. The van der Waals surface area contributed by atoms with Gasteiger partial charge < -0.3 is 19.6 Å². The minimum absolute atomic E-state index is 0.0693. The lowest BCUT2D eigenvalue weighted by Gasteiger charge is -2.60. The van der Waals surface area contributed by atoms with E-state index in [1.165, 1.54) is 6.42 Å². The van der Waals surface area contributed by atoms with E-state index in [0.717, 1.165) is 69.7 Å². The van der Waals surface area contributed by atoms with Crippen molar-refractivity contribution in [3.63, 3.8) is 0 Å². The van der Waals surface area contributed by atoms with Gasteiger partial charge in [0.05, 0.1) is 12.7 Å². The van der Waals surface area contributed by atoms with E-state index in [4.69, 9.17) is 4.74 Å². The number of aliphatic hydroxyl groups is 1. The zero-order chi connectivity index (χ0) is 19.4. The van der Waals surface area contributed by atoms with Crippen LogP contribution in [0.15, 0.2) is 24.3 Å². The third-order valence-electron chi connectivity index (χ3n) is 7.73. The van der Waals surface area contributed by atoms with Crippen molar-refractivity contribution in [3.05, 3.63) is 24.3 Å². The van der Waals surface area contributed by atoms with E-state index in [0.29, 0.717) is 24.2 Å². The molecule has 4 bridgehead atoms. The van der Waals surface area contributed by atoms with E-state index < -0.39 is 5.60 Å². The van der Waals surface area contributed by atoms with Gasteiger partial charge in [-0.2, -0.15) is 0 Å². The molecule has 5 fully saturated rings. The number of methoxy groups -OCH3 is 1. The number of ether oxygens (including phenoxy) is 1. The van der Waals surface area contributed by atoms with Crippen molar-refractivity contribution < 1.29 is 14.6 Å². The van der Waals surface area contributed by atoms with Gasteiger partial charge >= 0.3 is 0 Å². The fourth-order valence-corrected chi connectivity index (χ4v) is 7.06. The van der Waals surface area contributed by atoms with E-state index in [1.54, 1.807) is 7.11 Å². The Bertz CT molecular complexity index is 742. The van der Waals surface area contributed by atoms with Crippen LogP contribution < -0.4 is 9.64 Å². The number of hydrogen-bond donors (Lipinski definition) is 1. The molecule has 5 aliphatic rings. The SMILES string of the molecule is COc1cccc(N2CCN(C(=O)CC34C[C@@H]5C[C@@H](CC(O)(C5)C3)C4)CC2)c1. The van der Waals surface area contributed by atoms with E-state index in [1.807, 2.05) is 12.1 Å². The molecule has 5 heteroatoms. The molecule has 4 aliphatic carbocycles. The molecule has 4 atom stereocenters. The Kier molecular flexibility index (Phi) is 4.34. The topological polar surface area (TPSA) is 53.0 Å². The van der Waals surface area contributed by atoms with Crippen molar-refractivity contribution in [3.8, 4) is 5.75 Å². The van der Waals surface area contributed by atoms with Crippen molar-refractivity contribution in [1.29, 1.82) is 0 Å². The van der Waals surface area contributed by atoms with Gasteiger partial charge in [0.25, 0.3) is 0 Å². The fraction of sp³-hybridized carbons (Fsp3) is 0.696. The number of carbonyl (C=O) groups is 1. The van der Waals surface area contributed by atoms with Gasteiger partial charge in [0, 0.05) is 44.4 Å². The first-order valence-electron chi connectivity index (χ1n) is 10.9. The lowest BCUT2D eigenvalue weighted by atomic mass is 9.47. The predicted molar refractivity (Wildman–Crippen MR) is 108 cm³/mol. The molecule has 1 aromatic rings. The van der Waals surface area contributed by atoms with Gasteiger partial charge in [-0.25, -0.2) is 0 Å². The Hall–Kier alpha value is -1.75. The number of benzene rings is 1. The summed E-state index contributed by atoms with van der Waals surface area (Å²) in [6.07, 6.45) is 7.02. The zero-order valence-electron chi connectivity index (χ0n) is 16.9. The van der Waals surface area contributed by atoms with Gasteiger partial charge in [0.2, 0.25) is 5.91 Å². The molecule has 1 heterocycles. The molecule has 0 radical (unpaired) electrons. The summed E-state index contributed by atoms with van der Waals surface area (Å²) in [4.78, 5) is 17.5. The second-order valence-corrected chi connectivity index (χ2v) is 9.93. The van der Waals surface area contributed by atoms with Gasteiger partial charge in [-0.05, 0) is 67.9 Å². The third-order valence-corrected chi connectivity index (χ3v) is 7.73. The van der Waals surface area contributed by atoms with Crippen LogP contribution in [0.25, 0.3) is 0 Å². The minimum atomic E-state index is -0.477. The first-order chi connectivity index (χ1) is 13.5. The molecule has 1 N–H and O–H groups in total. The highest BCUT2D eigenvalue weighted by Gasteiger charge is 2.57. The molecular weight excluding hydrogens is 352 g/mol. The standard InChI is InChI=1S/C23H32N2O3/c1-28-20-4-2-3-19(10-20)24-5-7-25(8-6-24)21(26)15-22-11-17-9-18(12-22)14-23(27,13-17)16-22/h2-4,10,17-18,27H,5-9,11-16H2,1H3/t17-,18+,22?,23?. The number of anilines is 1. The first-order valence-corrected chi connectivity index (χ1v) is 10.9. The summed E-state index contributed by atoms with van der Waals surface area (Å²) in [6.45, 7) is 3.29.